The highest BCUT2D eigenvalue weighted by Crippen LogP contribution is 2.07. The maximum absolute atomic E-state index is 10.5. The zero-order chi connectivity index (χ0) is 12.4. The summed E-state index contributed by atoms with van der Waals surface area (Å²) in [6.45, 7) is 8.97. The Morgan fingerprint density at radius 2 is 2.19 bits per heavy atom. The van der Waals surface area contributed by atoms with E-state index in [1.807, 2.05) is 6.92 Å². The van der Waals surface area contributed by atoms with Crippen LogP contribution in [0.5, 0.6) is 0 Å². The van der Waals surface area contributed by atoms with E-state index in [-0.39, 0.29) is 5.92 Å². The van der Waals surface area contributed by atoms with Gasteiger partial charge in [0.15, 0.2) is 5.88 Å². The van der Waals surface area contributed by atoms with E-state index in [0.717, 1.165) is 32.2 Å². The van der Waals surface area contributed by atoms with Gasteiger partial charge in [-0.2, -0.15) is 0 Å². The first-order valence-electron chi connectivity index (χ1n) is 5.86. The van der Waals surface area contributed by atoms with Gasteiger partial charge in [0.25, 0.3) is 0 Å². The summed E-state index contributed by atoms with van der Waals surface area (Å²) in [6.07, 6.45) is 3.53. The van der Waals surface area contributed by atoms with Gasteiger partial charge >= 0.3 is 5.97 Å². The van der Waals surface area contributed by atoms with Crippen LogP contribution >= 0.6 is 0 Å². The van der Waals surface area contributed by atoms with Gasteiger partial charge in [-0.05, 0) is 25.8 Å². The summed E-state index contributed by atoms with van der Waals surface area (Å²) in [5, 5.41) is 11.7. The summed E-state index contributed by atoms with van der Waals surface area (Å²) in [5.41, 5.74) is 0. The Hall–Kier alpha value is -1.19. The molecule has 1 atom stereocenters. The third-order valence-electron chi connectivity index (χ3n) is 2.29. The lowest BCUT2D eigenvalue weighted by Gasteiger charge is -2.11. The van der Waals surface area contributed by atoms with Crippen LogP contribution in [0.3, 0.4) is 0 Å². The Labute approximate surface area is 97.7 Å². The number of aliphatic carboxylic acids is 1. The number of rotatable bonds is 10. The predicted molar refractivity (Wildman–Crippen MR) is 64.0 cm³/mol. The van der Waals surface area contributed by atoms with Crippen molar-refractivity contribution in [2.24, 2.45) is 5.92 Å². The number of carbonyl (C=O) groups is 1. The third-order valence-corrected chi connectivity index (χ3v) is 2.29. The van der Waals surface area contributed by atoms with E-state index in [2.05, 4.69) is 11.9 Å². The lowest BCUT2D eigenvalue weighted by Crippen LogP contribution is -2.17. The quantitative estimate of drug-likeness (QED) is 0.446. The van der Waals surface area contributed by atoms with E-state index < -0.39 is 5.97 Å². The number of hydrogen-bond acceptors (Lipinski definition) is 3. The highest BCUT2D eigenvalue weighted by atomic mass is 16.5. The minimum Gasteiger partial charge on any atom is -0.481 e. The SMILES string of the molecule is C=C(NCCCCC(C)C(=O)O)OCCC. The molecule has 4 nitrogen and oxygen atoms in total. The van der Waals surface area contributed by atoms with Crippen molar-refractivity contribution in [1.82, 2.24) is 5.32 Å². The van der Waals surface area contributed by atoms with Crippen LogP contribution in [0.25, 0.3) is 0 Å². The van der Waals surface area contributed by atoms with Gasteiger partial charge < -0.3 is 15.2 Å². The van der Waals surface area contributed by atoms with Crippen molar-refractivity contribution in [3.8, 4) is 0 Å². The molecule has 94 valence electrons. The summed E-state index contributed by atoms with van der Waals surface area (Å²) >= 11 is 0. The molecule has 0 saturated heterocycles. The van der Waals surface area contributed by atoms with Crippen LogP contribution in [0.2, 0.25) is 0 Å². The van der Waals surface area contributed by atoms with Crippen LogP contribution in [0.1, 0.15) is 39.5 Å². The number of ether oxygens (including phenoxy) is 1. The molecule has 0 aliphatic rings. The smallest absolute Gasteiger partial charge is 0.306 e. The van der Waals surface area contributed by atoms with Crippen molar-refractivity contribution < 1.29 is 14.6 Å². The molecule has 4 heteroatoms. The Morgan fingerprint density at radius 3 is 2.75 bits per heavy atom. The lowest BCUT2D eigenvalue weighted by atomic mass is 10.0. The summed E-state index contributed by atoms with van der Waals surface area (Å²) < 4.78 is 5.26. The predicted octanol–water partition coefficient (Wildman–Crippen LogP) is 2.36. The Kier molecular flexibility index (Phi) is 8.39. The molecule has 0 fully saturated rings. The van der Waals surface area contributed by atoms with E-state index in [0.29, 0.717) is 12.5 Å². The van der Waals surface area contributed by atoms with E-state index >= 15 is 0 Å². The molecule has 0 amide bonds. The molecule has 0 spiro atoms. The van der Waals surface area contributed by atoms with Crippen LogP contribution in [-0.2, 0) is 9.53 Å². The maximum Gasteiger partial charge on any atom is 0.306 e. The van der Waals surface area contributed by atoms with Crippen molar-refractivity contribution in [2.45, 2.75) is 39.5 Å². The number of unbranched alkanes of at least 4 members (excludes halogenated alkanes) is 1. The van der Waals surface area contributed by atoms with Gasteiger partial charge in [0.05, 0.1) is 12.5 Å². The van der Waals surface area contributed by atoms with E-state index in [4.69, 9.17) is 9.84 Å². The van der Waals surface area contributed by atoms with Crippen LogP contribution in [-0.4, -0.2) is 24.2 Å². The normalized spacial score (nSPS) is 11.9. The molecule has 0 aliphatic carbocycles. The molecule has 0 aliphatic heterocycles. The first-order valence-corrected chi connectivity index (χ1v) is 5.86. The molecule has 2 N–H and O–H groups in total. The number of nitrogens with one attached hydrogen (secondary N) is 1. The van der Waals surface area contributed by atoms with Crippen LogP contribution in [0.15, 0.2) is 12.5 Å². The number of carboxylic acid groups (broad SMARTS) is 1. The molecule has 0 aromatic heterocycles. The molecule has 1 unspecified atom stereocenters. The highest BCUT2D eigenvalue weighted by molar-refractivity contribution is 5.69. The number of carboxylic acids is 1. The van der Waals surface area contributed by atoms with Crippen molar-refractivity contribution >= 4 is 5.97 Å². The van der Waals surface area contributed by atoms with Gasteiger partial charge in [-0.3, -0.25) is 4.79 Å². The van der Waals surface area contributed by atoms with Gasteiger partial charge in [-0.1, -0.05) is 20.3 Å². The monoisotopic (exact) mass is 229 g/mol. The van der Waals surface area contributed by atoms with Gasteiger partial charge in [0, 0.05) is 6.54 Å². The second-order valence-electron chi connectivity index (χ2n) is 3.93. The summed E-state index contributed by atoms with van der Waals surface area (Å²) in [7, 11) is 0. The fraction of sp³-hybridized carbons (Fsp3) is 0.750. The molecule has 0 radical (unpaired) electrons. The lowest BCUT2D eigenvalue weighted by molar-refractivity contribution is -0.141. The fourth-order valence-electron chi connectivity index (χ4n) is 1.20. The van der Waals surface area contributed by atoms with E-state index in [9.17, 15) is 4.79 Å². The van der Waals surface area contributed by atoms with Gasteiger partial charge in [0.1, 0.15) is 0 Å². The number of hydrogen-bond donors (Lipinski definition) is 2. The van der Waals surface area contributed by atoms with Gasteiger partial charge in [0.2, 0.25) is 0 Å². The Morgan fingerprint density at radius 1 is 1.50 bits per heavy atom. The molecule has 0 heterocycles. The minimum atomic E-state index is -0.719. The zero-order valence-electron chi connectivity index (χ0n) is 10.3. The zero-order valence-corrected chi connectivity index (χ0v) is 10.3. The van der Waals surface area contributed by atoms with Crippen LogP contribution < -0.4 is 5.32 Å². The van der Waals surface area contributed by atoms with Crippen molar-refractivity contribution in [1.29, 1.82) is 0 Å². The molecule has 0 aromatic carbocycles. The second kappa shape index (κ2) is 9.07. The molecule has 0 rings (SSSR count). The van der Waals surface area contributed by atoms with Crippen molar-refractivity contribution in [3.63, 3.8) is 0 Å². The first-order chi connectivity index (χ1) is 7.57. The van der Waals surface area contributed by atoms with Crippen molar-refractivity contribution in [2.75, 3.05) is 13.2 Å². The second-order valence-corrected chi connectivity index (χ2v) is 3.93. The topological polar surface area (TPSA) is 58.6 Å². The van der Waals surface area contributed by atoms with Gasteiger partial charge in [-0.15, -0.1) is 0 Å². The summed E-state index contributed by atoms with van der Waals surface area (Å²) in [6, 6.07) is 0. The van der Waals surface area contributed by atoms with Crippen molar-refractivity contribution in [3.05, 3.63) is 12.5 Å². The molecule has 0 aromatic rings. The van der Waals surface area contributed by atoms with Crippen LogP contribution in [0.4, 0.5) is 0 Å². The summed E-state index contributed by atoms with van der Waals surface area (Å²) in [5.74, 6) is -0.365. The molecule has 16 heavy (non-hydrogen) atoms. The molecule has 0 bridgehead atoms. The molecular weight excluding hydrogens is 206 g/mol. The Balaban J connectivity index is 3.33. The standard InChI is InChI=1S/C12H23NO3/c1-4-9-16-11(3)13-8-6-5-7-10(2)12(14)15/h10,13H,3-9H2,1-2H3,(H,14,15). The molecular formula is C12H23NO3. The average Bonchev–Trinajstić information content (AvgIpc) is 2.25. The maximum atomic E-state index is 10.5. The van der Waals surface area contributed by atoms with E-state index in [1.54, 1.807) is 6.92 Å². The van der Waals surface area contributed by atoms with Crippen LogP contribution in [0, 0.1) is 5.92 Å². The van der Waals surface area contributed by atoms with Gasteiger partial charge in [-0.25, -0.2) is 0 Å². The summed E-state index contributed by atoms with van der Waals surface area (Å²) in [4.78, 5) is 10.5. The first kappa shape index (κ1) is 14.8. The largest absolute Gasteiger partial charge is 0.481 e. The Bertz CT molecular complexity index is 216. The third kappa shape index (κ3) is 8.15. The minimum absolute atomic E-state index is 0.250. The fourth-order valence-corrected chi connectivity index (χ4v) is 1.20. The molecule has 0 saturated carbocycles. The highest BCUT2D eigenvalue weighted by Gasteiger charge is 2.09. The van der Waals surface area contributed by atoms with E-state index in [1.165, 1.54) is 0 Å². The average molecular weight is 229 g/mol.